The molecule has 0 saturated heterocycles. The second kappa shape index (κ2) is 6.91. The molecule has 1 aromatic carbocycles. The summed E-state index contributed by atoms with van der Waals surface area (Å²) in [6.45, 7) is 6.04. The first-order valence-electron chi connectivity index (χ1n) is 7.20. The van der Waals surface area contributed by atoms with Crippen molar-refractivity contribution >= 4 is 23.2 Å². The topological polar surface area (TPSA) is 65.4 Å². The smallest absolute Gasteiger partial charge is 0.255 e. The molecule has 1 aromatic heterocycles. The van der Waals surface area contributed by atoms with Crippen LogP contribution < -0.4 is 14.8 Å². The molecule has 1 amide bonds. The Balaban J connectivity index is 2.34. The van der Waals surface area contributed by atoms with Gasteiger partial charge in [-0.05, 0) is 32.9 Å². The van der Waals surface area contributed by atoms with E-state index < -0.39 is 0 Å². The van der Waals surface area contributed by atoms with E-state index in [1.165, 1.54) is 7.11 Å². The Hall–Kier alpha value is -2.21. The molecule has 7 heteroatoms. The van der Waals surface area contributed by atoms with Crippen LogP contribution in [0.5, 0.6) is 11.5 Å². The van der Waals surface area contributed by atoms with Gasteiger partial charge in [0.25, 0.3) is 5.91 Å². The Morgan fingerprint density at radius 1 is 1.39 bits per heavy atom. The van der Waals surface area contributed by atoms with E-state index >= 15 is 0 Å². The number of rotatable bonds is 5. The van der Waals surface area contributed by atoms with Crippen LogP contribution in [0.3, 0.4) is 0 Å². The van der Waals surface area contributed by atoms with E-state index in [-0.39, 0.29) is 5.91 Å². The number of benzene rings is 1. The summed E-state index contributed by atoms with van der Waals surface area (Å²) in [5.41, 5.74) is 2.71. The lowest BCUT2D eigenvalue weighted by Crippen LogP contribution is -2.13. The summed E-state index contributed by atoms with van der Waals surface area (Å²) in [5, 5.41) is 7.48. The summed E-state index contributed by atoms with van der Waals surface area (Å²) in [4.78, 5) is 12.5. The van der Waals surface area contributed by atoms with Crippen LogP contribution in [-0.4, -0.2) is 29.4 Å². The molecule has 124 valence electrons. The van der Waals surface area contributed by atoms with Crippen LogP contribution in [0.1, 0.15) is 28.7 Å². The zero-order valence-electron chi connectivity index (χ0n) is 13.9. The Morgan fingerprint density at radius 2 is 2.09 bits per heavy atom. The molecule has 0 atom stereocenters. The number of aryl methyl sites for hydroxylation is 2. The summed E-state index contributed by atoms with van der Waals surface area (Å²) in [6.07, 6.45) is 0. The summed E-state index contributed by atoms with van der Waals surface area (Å²) in [7, 11) is 3.33. The molecule has 0 fully saturated rings. The minimum absolute atomic E-state index is 0.285. The van der Waals surface area contributed by atoms with Gasteiger partial charge >= 0.3 is 0 Å². The van der Waals surface area contributed by atoms with E-state index in [0.29, 0.717) is 34.4 Å². The van der Waals surface area contributed by atoms with E-state index in [1.54, 1.807) is 16.8 Å². The number of aromatic nitrogens is 2. The number of methoxy groups -OCH3 is 1. The van der Waals surface area contributed by atoms with Gasteiger partial charge in [-0.3, -0.25) is 9.48 Å². The Morgan fingerprint density at radius 3 is 2.61 bits per heavy atom. The second-order valence-electron chi connectivity index (χ2n) is 5.05. The maximum Gasteiger partial charge on any atom is 0.255 e. The fourth-order valence-corrected chi connectivity index (χ4v) is 2.54. The van der Waals surface area contributed by atoms with Crippen LogP contribution in [0.2, 0.25) is 5.02 Å². The minimum Gasteiger partial charge on any atom is -0.493 e. The molecule has 0 spiro atoms. The fraction of sp³-hybridized carbons (Fsp3) is 0.375. The first kappa shape index (κ1) is 17.1. The average molecular weight is 338 g/mol. The first-order chi connectivity index (χ1) is 10.9. The number of carbonyl (C=O) groups excluding carboxylic acids is 1. The quantitative estimate of drug-likeness (QED) is 0.908. The number of nitrogens with one attached hydrogen (secondary N) is 1. The van der Waals surface area contributed by atoms with Crippen molar-refractivity contribution in [3.05, 3.63) is 34.1 Å². The standard InChI is InChI=1S/C16H20ClN3O3/c1-6-23-15-12(17)7-11(8-13(15)22-5)16(21)18-14-9(2)19-20(4)10(14)3/h7-8H,6H2,1-5H3,(H,18,21). The van der Waals surface area contributed by atoms with E-state index in [0.717, 1.165) is 11.4 Å². The Bertz CT molecular complexity index is 741. The van der Waals surface area contributed by atoms with Crippen molar-refractivity contribution in [1.82, 2.24) is 9.78 Å². The molecular weight excluding hydrogens is 318 g/mol. The molecule has 0 radical (unpaired) electrons. The van der Waals surface area contributed by atoms with E-state index in [4.69, 9.17) is 21.1 Å². The lowest BCUT2D eigenvalue weighted by Gasteiger charge is -2.13. The maximum atomic E-state index is 12.5. The van der Waals surface area contributed by atoms with Gasteiger partial charge < -0.3 is 14.8 Å². The van der Waals surface area contributed by atoms with Gasteiger partial charge in [-0.15, -0.1) is 0 Å². The van der Waals surface area contributed by atoms with Gasteiger partial charge in [0.2, 0.25) is 0 Å². The highest BCUT2D eigenvalue weighted by atomic mass is 35.5. The van der Waals surface area contributed by atoms with Gasteiger partial charge in [-0.25, -0.2) is 0 Å². The molecule has 6 nitrogen and oxygen atoms in total. The highest BCUT2D eigenvalue weighted by Crippen LogP contribution is 2.36. The molecule has 2 rings (SSSR count). The van der Waals surface area contributed by atoms with Crippen molar-refractivity contribution in [3.8, 4) is 11.5 Å². The molecule has 0 bridgehead atoms. The second-order valence-corrected chi connectivity index (χ2v) is 5.45. The van der Waals surface area contributed by atoms with Crippen molar-refractivity contribution < 1.29 is 14.3 Å². The molecule has 1 N–H and O–H groups in total. The van der Waals surface area contributed by atoms with Crippen LogP contribution >= 0.6 is 11.6 Å². The molecule has 2 aromatic rings. The molecule has 0 aliphatic heterocycles. The predicted molar refractivity (Wildman–Crippen MR) is 89.8 cm³/mol. The third-order valence-corrected chi connectivity index (χ3v) is 3.81. The van der Waals surface area contributed by atoms with Gasteiger partial charge in [0.15, 0.2) is 11.5 Å². The van der Waals surface area contributed by atoms with Gasteiger partial charge in [-0.2, -0.15) is 5.10 Å². The molecular formula is C16H20ClN3O3. The van der Waals surface area contributed by atoms with Crippen molar-refractivity contribution in [3.63, 3.8) is 0 Å². The van der Waals surface area contributed by atoms with E-state index in [9.17, 15) is 4.79 Å². The molecule has 0 saturated carbocycles. The Labute approximate surface area is 140 Å². The van der Waals surface area contributed by atoms with Crippen LogP contribution in [-0.2, 0) is 7.05 Å². The number of hydrogen-bond donors (Lipinski definition) is 1. The number of ether oxygens (including phenoxy) is 2. The van der Waals surface area contributed by atoms with E-state index in [1.807, 2.05) is 27.8 Å². The zero-order valence-corrected chi connectivity index (χ0v) is 14.6. The number of halogens is 1. The van der Waals surface area contributed by atoms with Crippen LogP contribution in [0.25, 0.3) is 0 Å². The predicted octanol–water partition coefficient (Wildman–Crippen LogP) is 3.35. The molecule has 0 unspecified atom stereocenters. The lowest BCUT2D eigenvalue weighted by molar-refractivity contribution is 0.102. The number of carbonyl (C=O) groups is 1. The van der Waals surface area contributed by atoms with Crippen LogP contribution in [0.4, 0.5) is 5.69 Å². The molecule has 0 aliphatic rings. The highest BCUT2D eigenvalue weighted by molar-refractivity contribution is 6.32. The first-order valence-corrected chi connectivity index (χ1v) is 7.58. The highest BCUT2D eigenvalue weighted by Gasteiger charge is 2.18. The summed E-state index contributed by atoms with van der Waals surface area (Å²) in [6, 6.07) is 3.17. The zero-order chi connectivity index (χ0) is 17.1. The summed E-state index contributed by atoms with van der Waals surface area (Å²) >= 11 is 6.20. The third kappa shape index (κ3) is 3.42. The summed E-state index contributed by atoms with van der Waals surface area (Å²) in [5.74, 6) is 0.568. The van der Waals surface area contributed by atoms with Gasteiger partial charge in [0.1, 0.15) is 0 Å². The number of hydrogen-bond acceptors (Lipinski definition) is 4. The SMILES string of the molecule is CCOc1c(Cl)cc(C(=O)Nc2c(C)nn(C)c2C)cc1OC. The normalized spacial score (nSPS) is 10.5. The van der Waals surface area contributed by atoms with Crippen LogP contribution in [0.15, 0.2) is 12.1 Å². The van der Waals surface area contributed by atoms with Crippen molar-refractivity contribution in [2.24, 2.45) is 7.05 Å². The van der Waals surface area contributed by atoms with Gasteiger partial charge in [0, 0.05) is 12.6 Å². The molecule has 1 heterocycles. The van der Waals surface area contributed by atoms with Gasteiger partial charge in [0.05, 0.1) is 35.8 Å². The van der Waals surface area contributed by atoms with Crippen molar-refractivity contribution in [2.75, 3.05) is 19.0 Å². The fourth-order valence-electron chi connectivity index (χ4n) is 2.28. The molecule has 0 aliphatic carbocycles. The van der Waals surface area contributed by atoms with E-state index in [2.05, 4.69) is 10.4 Å². The number of anilines is 1. The third-order valence-electron chi connectivity index (χ3n) is 3.53. The molecule has 23 heavy (non-hydrogen) atoms. The van der Waals surface area contributed by atoms with Crippen molar-refractivity contribution in [2.45, 2.75) is 20.8 Å². The summed E-state index contributed by atoms with van der Waals surface area (Å²) < 4.78 is 12.4. The van der Waals surface area contributed by atoms with Crippen LogP contribution in [0, 0.1) is 13.8 Å². The maximum absolute atomic E-state index is 12.5. The Kier molecular flexibility index (Phi) is 5.15. The number of nitrogens with zero attached hydrogens (tertiary/aromatic N) is 2. The average Bonchev–Trinajstić information content (AvgIpc) is 2.75. The van der Waals surface area contributed by atoms with Crippen molar-refractivity contribution in [1.29, 1.82) is 0 Å². The number of amides is 1. The largest absolute Gasteiger partial charge is 0.493 e. The lowest BCUT2D eigenvalue weighted by atomic mass is 10.1. The minimum atomic E-state index is -0.285. The monoisotopic (exact) mass is 337 g/mol. The van der Waals surface area contributed by atoms with Gasteiger partial charge in [-0.1, -0.05) is 11.6 Å².